The molecule has 0 aromatic heterocycles. The van der Waals surface area contributed by atoms with Crippen molar-refractivity contribution in [1.82, 2.24) is 5.32 Å². The second-order valence-corrected chi connectivity index (χ2v) is 7.34. The number of carbonyl (C=O) groups is 3. The highest BCUT2D eigenvalue weighted by Gasteiger charge is 2.09. The molecule has 8 heteroatoms. The number of nitrogens with two attached hydrogens (primary N) is 1. The molecule has 0 aliphatic rings. The summed E-state index contributed by atoms with van der Waals surface area (Å²) >= 11 is 0. The van der Waals surface area contributed by atoms with Crippen LogP contribution in [0.1, 0.15) is 45.0 Å². The van der Waals surface area contributed by atoms with Crippen molar-refractivity contribution in [3.63, 3.8) is 0 Å². The second kappa shape index (κ2) is 17.6. The molecular formula is C22H38N2O6. The van der Waals surface area contributed by atoms with E-state index in [-0.39, 0.29) is 36.5 Å². The Bertz CT molecular complexity index is 590. The Morgan fingerprint density at radius 2 is 1.60 bits per heavy atom. The average Bonchev–Trinajstić information content (AvgIpc) is 2.73. The van der Waals surface area contributed by atoms with E-state index in [0.29, 0.717) is 11.5 Å². The molecule has 8 nitrogen and oxygen atoms in total. The van der Waals surface area contributed by atoms with E-state index in [1.54, 1.807) is 14.2 Å². The molecule has 0 aliphatic carbocycles. The van der Waals surface area contributed by atoms with Crippen LogP contribution in [0.2, 0.25) is 0 Å². The maximum Gasteiger partial charge on any atom is 0.338 e. The van der Waals surface area contributed by atoms with Crippen molar-refractivity contribution in [2.45, 2.75) is 52.8 Å². The molecule has 30 heavy (non-hydrogen) atoms. The zero-order valence-electron chi connectivity index (χ0n) is 19.1. The largest absolute Gasteiger partial charge is 0.508 e. The molecule has 3 unspecified atom stereocenters. The molecule has 0 amide bonds. The van der Waals surface area contributed by atoms with Crippen LogP contribution in [0.5, 0.6) is 5.75 Å². The lowest BCUT2D eigenvalue weighted by molar-refractivity contribution is -0.110. The number of esters is 1. The highest BCUT2D eigenvalue weighted by atomic mass is 16.6. The molecule has 1 aromatic rings. The monoisotopic (exact) mass is 426 g/mol. The van der Waals surface area contributed by atoms with E-state index >= 15 is 0 Å². The summed E-state index contributed by atoms with van der Waals surface area (Å²) in [5, 5.41) is 11.9. The van der Waals surface area contributed by atoms with Crippen LogP contribution in [0.3, 0.4) is 0 Å². The van der Waals surface area contributed by atoms with Crippen LogP contribution in [-0.4, -0.2) is 62.6 Å². The third-order valence-electron chi connectivity index (χ3n) is 4.08. The first-order valence-corrected chi connectivity index (χ1v) is 9.86. The maximum absolute atomic E-state index is 11.4. The van der Waals surface area contributed by atoms with Crippen molar-refractivity contribution in [3.8, 4) is 5.75 Å². The fraction of sp³-hybridized carbons (Fsp3) is 0.591. The van der Waals surface area contributed by atoms with Crippen LogP contribution in [0.25, 0.3) is 0 Å². The van der Waals surface area contributed by atoms with Crippen molar-refractivity contribution in [3.05, 3.63) is 29.8 Å². The number of methoxy groups -OCH3 is 1. The molecule has 4 N–H and O–H groups in total. The van der Waals surface area contributed by atoms with Gasteiger partial charge in [-0.2, -0.15) is 0 Å². The number of hydrogen-bond acceptors (Lipinski definition) is 8. The van der Waals surface area contributed by atoms with Gasteiger partial charge in [0.05, 0.1) is 23.8 Å². The number of benzene rings is 1. The standard InChI is InChI=1S/C11H14O4.C6H13NO.C5H11NO/c1-8(14-2)7-15-11(13)9-3-5-10(12)6-4-9;1-5(2)6(4-8)7-3;1-4(2)5(6)3-7/h3-6,8,12H,7H2,1-2H3;4-7H,1-3H3;3-5H,6H2,1-2H3. The molecular weight excluding hydrogens is 388 g/mol. The third-order valence-corrected chi connectivity index (χ3v) is 4.08. The number of phenolic OH excluding ortho intramolecular Hbond substituents is 1. The number of phenols is 1. The second-order valence-electron chi connectivity index (χ2n) is 7.34. The molecule has 1 rings (SSSR count). The lowest BCUT2D eigenvalue weighted by Gasteiger charge is -2.11. The number of aldehydes is 2. The van der Waals surface area contributed by atoms with Gasteiger partial charge in [-0.1, -0.05) is 27.7 Å². The normalized spacial score (nSPS) is 13.1. The first-order chi connectivity index (χ1) is 14.0. The molecule has 0 spiro atoms. The molecule has 0 saturated heterocycles. The summed E-state index contributed by atoms with van der Waals surface area (Å²) in [5.41, 5.74) is 5.66. The fourth-order valence-corrected chi connectivity index (χ4v) is 1.66. The first kappa shape index (κ1) is 29.9. The van der Waals surface area contributed by atoms with Crippen LogP contribution in [0.4, 0.5) is 0 Å². The van der Waals surface area contributed by atoms with Gasteiger partial charge in [-0.25, -0.2) is 4.79 Å². The van der Waals surface area contributed by atoms with Gasteiger partial charge in [0, 0.05) is 7.11 Å². The van der Waals surface area contributed by atoms with Gasteiger partial charge in [-0.05, 0) is 50.1 Å². The molecule has 0 radical (unpaired) electrons. The van der Waals surface area contributed by atoms with Gasteiger partial charge in [0.15, 0.2) is 0 Å². The summed E-state index contributed by atoms with van der Waals surface area (Å²) in [4.78, 5) is 31.4. The average molecular weight is 427 g/mol. The number of hydrogen-bond donors (Lipinski definition) is 3. The van der Waals surface area contributed by atoms with Gasteiger partial charge in [-0.15, -0.1) is 0 Å². The Balaban J connectivity index is 0. The number of aromatic hydroxyl groups is 1. The fourth-order valence-electron chi connectivity index (χ4n) is 1.66. The Kier molecular flexibility index (Phi) is 17.5. The highest BCUT2D eigenvalue weighted by molar-refractivity contribution is 5.89. The number of ether oxygens (including phenoxy) is 2. The van der Waals surface area contributed by atoms with E-state index in [1.165, 1.54) is 24.3 Å². The van der Waals surface area contributed by atoms with E-state index in [0.717, 1.165) is 12.6 Å². The minimum absolute atomic E-state index is 0.0231. The first-order valence-electron chi connectivity index (χ1n) is 9.86. The summed E-state index contributed by atoms with van der Waals surface area (Å²) in [6, 6.07) is 5.65. The van der Waals surface area contributed by atoms with Crippen LogP contribution in [0.15, 0.2) is 24.3 Å². The zero-order chi connectivity index (χ0) is 23.7. The van der Waals surface area contributed by atoms with E-state index in [1.807, 2.05) is 34.6 Å². The third kappa shape index (κ3) is 14.7. The quantitative estimate of drug-likeness (QED) is 0.405. The van der Waals surface area contributed by atoms with Crippen molar-refractivity contribution < 1.29 is 29.0 Å². The lowest BCUT2D eigenvalue weighted by Crippen LogP contribution is -2.31. The molecule has 1 aromatic carbocycles. The number of rotatable bonds is 9. The number of likely N-dealkylation sites (N-methyl/N-ethyl adjacent to an activating group) is 1. The van der Waals surface area contributed by atoms with Crippen molar-refractivity contribution in [1.29, 1.82) is 0 Å². The van der Waals surface area contributed by atoms with Crippen molar-refractivity contribution in [2.24, 2.45) is 17.6 Å². The van der Waals surface area contributed by atoms with Crippen LogP contribution < -0.4 is 11.1 Å². The Morgan fingerprint density at radius 3 is 1.87 bits per heavy atom. The summed E-state index contributed by atoms with van der Waals surface area (Å²) < 4.78 is 9.91. The predicted molar refractivity (Wildman–Crippen MR) is 117 cm³/mol. The molecule has 0 heterocycles. The molecule has 0 fully saturated rings. The molecule has 0 bridgehead atoms. The van der Waals surface area contributed by atoms with Gasteiger partial charge >= 0.3 is 5.97 Å². The molecule has 172 valence electrons. The van der Waals surface area contributed by atoms with Crippen molar-refractivity contribution >= 4 is 18.5 Å². The van der Waals surface area contributed by atoms with E-state index in [9.17, 15) is 14.4 Å². The number of nitrogens with one attached hydrogen (secondary N) is 1. The van der Waals surface area contributed by atoms with E-state index in [2.05, 4.69) is 5.32 Å². The van der Waals surface area contributed by atoms with Gasteiger partial charge in [0.1, 0.15) is 24.9 Å². The topological polar surface area (TPSA) is 128 Å². The summed E-state index contributed by atoms with van der Waals surface area (Å²) in [5.74, 6) is 0.380. The van der Waals surface area contributed by atoms with Gasteiger partial charge < -0.3 is 35.2 Å². The van der Waals surface area contributed by atoms with Crippen LogP contribution >= 0.6 is 0 Å². The summed E-state index contributed by atoms with van der Waals surface area (Å²) in [6.07, 6.45) is 1.58. The molecule has 0 saturated carbocycles. The molecule has 0 aliphatic heterocycles. The van der Waals surface area contributed by atoms with E-state index in [4.69, 9.17) is 20.3 Å². The zero-order valence-corrected chi connectivity index (χ0v) is 19.1. The van der Waals surface area contributed by atoms with E-state index < -0.39 is 5.97 Å². The smallest absolute Gasteiger partial charge is 0.338 e. The highest BCUT2D eigenvalue weighted by Crippen LogP contribution is 2.10. The van der Waals surface area contributed by atoms with Crippen molar-refractivity contribution in [2.75, 3.05) is 20.8 Å². The Hall–Kier alpha value is -2.29. The SMILES string of the molecule is CC(C)C(N)C=O.CNC(C=O)C(C)C.COC(C)COC(=O)c1ccc(O)cc1. The van der Waals surface area contributed by atoms with Gasteiger partial charge in [0.25, 0.3) is 0 Å². The van der Waals surface area contributed by atoms with Crippen LogP contribution in [0, 0.1) is 11.8 Å². The van der Waals surface area contributed by atoms with Gasteiger partial charge in [-0.3, -0.25) is 0 Å². The van der Waals surface area contributed by atoms with Crippen LogP contribution in [-0.2, 0) is 19.1 Å². The number of carbonyl (C=O) groups excluding carboxylic acids is 3. The summed E-state index contributed by atoms with van der Waals surface area (Å²) in [7, 11) is 3.35. The Morgan fingerprint density at radius 1 is 1.07 bits per heavy atom. The van der Waals surface area contributed by atoms with Gasteiger partial charge in [0.2, 0.25) is 0 Å². The summed E-state index contributed by atoms with van der Waals surface area (Å²) in [6.45, 7) is 9.88. The minimum Gasteiger partial charge on any atom is -0.508 e. The predicted octanol–water partition coefficient (Wildman–Crippen LogP) is 2.18. The minimum atomic E-state index is -0.418. The Labute approximate surface area is 180 Å². The molecule has 3 atom stereocenters. The lowest BCUT2D eigenvalue weighted by atomic mass is 10.1. The maximum atomic E-state index is 11.4.